The number of benzene rings is 1. The van der Waals surface area contributed by atoms with E-state index in [4.69, 9.17) is 0 Å². The van der Waals surface area contributed by atoms with Gasteiger partial charge in [-0.1, -0.05) is 16.8 Å². The van der Waals surface area contributed by atoms with Crippen LogP contribution in [0.2, 0.25) is 0 Å². The van der Waals surface area contributed by atoms with Gasteiger partial charge in [0.05, 0.1) is 0 Å². The summed E-state index contributed by atoms with van der Waals surface area (Å²) in [6, 6.07) is 10.1. The number of pyridine rings is 1. The first-order valence-corrected chi connectivity index (χ1v) is 12.1. The summed E-state index contributed by atoms with van der Waals surface area (Å²) in [5.41, 5.74) is 5.58. The van der Waals surface area contributed by atoms with Gasteiger partial charge in [0.15, 0.2) is 0 Å². The van der Waals surface area contributed by atoms with Crippen LogP contribution in [0, 0.1) is 19.8 Å². The molecule has 1 fully saturated rings. The molecular formula is C26H29F3N6O. The highest BCUT2D eigenvalue weighted by atomic mass is 19.4. The lowest BCUT2D eigenvalue weighted by Crippen LogP contribution is -2.37. The first-order chi connectivity index (χ1) is 17.2. The average Bonchev–Trinajstić information content (AvgIpc) is 3.45. The van der Waals surface area contributed by atoms with Crippen molar-refractivity contribution in [3.05, 3.63) is 59.2 Å². The molecule has 0 bridgehead atoms. The topological polar surface area (TPSA) is 72.0 Å². The van der Waals surface area contributed by atoms with Crippen LogP contribution in [0.25, 0.3) is 22.3 Å². The van der Waals surface area contributed by atoms with Crippen LogP contribution in [0.5, 0.6) is 0 Å². The van der Waals surface area contributed by atoms with Crippen molar-refractivity contribution in [2.75, 3.05) is 24.5 Å². The van der Waals surface area contributed by atoms with Crippen LogP contribution in [0.15, 0.2) is 41.1 Å². The van der Waals surface area contributed by atoms with Gasteiger partial charge in [0, 0.05) is 55.0 Å². The summed E-state index contributed by atoms with van der Waals surface area (Å²) in [4.78, 5) is 10.1. The lowest BCUT2D eigenvalue weighted by Gasteiger charge is -2.33. The normalized spacial score (nSPS) is 15.2. The fraction of sp³-hybridized carbons (Fsp3) is 0.423. The minimum Gasteiger partial charge on any atom is -0.357 e. The van der Waals surface area contributed by atoms with E-state index in [1.54, 1.807) is 12.1 Å². The predicted molar refractivity (Wildman–Crippen MR) is 132 cm³/mol. The van der Waals surface area contributed by atoms with E-state index in [2.05, 4.69) is 73.5 Å². The minimum atomic E-state index is -4.66. The summed E-state index contributed by atoms with van der Waals surface area (Å²) in [6.07, 6.45) is -1.08. The highest BCUT2D eigenvalue weighted by Gasteiger charge is 2.38. The molecule has 1 N–H and O–H groups in total. The van der Waals surface area contributed by atoms with Gasteiger partial charge in [0.1, 0.15) is 5.82 Å². The van der Waals surface area contributed by atoms with E-state index in [0.29, 0.717) is 11.5 Å². The van der Waals surface area contributed by atoms with Gasteiger partial charge in [-0.15, -0.1) is 0 Å². The third-order valence-corrected chi connectivity index (χ3v) is 7.13. The third-order valence-electron chi connectivity index (χ3n) is 7.13. The first-order valence-electron chi connectivity index (χ1n) is 12.1. The second-order valence-corrected chi connectivity index (χ2v) is 9.53. The van der Waals surface area contributed by atoms with E-state index in [1.165, 1.54) is 33.9 Å². The second kappa shape index (κ2) is 9.57. The van der Waals surface area contributed by atoms with E-state index in [-0.39, 0.29) is 5.82 Å². The van der Waals surface area contributed by atoms with Crippen LogP contribution in [0.4, 0.5) is 19.0 Å². The van der Waals surface area contributed by atoms with Crippen LogP contribution < -0.4 is 10.2 Å². The van der Waals surface area contributed by atoms with E-state index in [0.717, 1.165) is 44.8 Å². The maximum absolute atomic E-state index is 12.7. The Morgan fingerprint density at radius 2 is 1.89 bits per heavy atom. The van der Waals surface area contributed by atoms with Crippen molar-refractivity contribution in [1.29, 1.82) is 0 Å². The number of halogens is 3. The third kappa shape index (κ3) is 4.82. The van der Waals surface area contributed by atoms with Crippen molar-refractivity contribution in [2.45, 2.75) is 39.4 Å². The van der Waals surface area contributed by atoms with Gasteiger partial charge in [-0.2, -0.15) is 18.2 Å². The number of fused-ring (bicyclic) bond motifs is 1. The Kier molecular flexibility index (Phi) is 6.46. The number of piperidine rings is 1. The summed E-state index contributed by atoms with van der Waals surface area (Å²) < 4.78 is 44.6. The van der Waals surface area contributed by atoms with Crippen molar-refractivity contribution in [2.24, 2.45) is 13.0 Å². The highest BCUT2D eigenvalue weighted by Crippen LogP contribution is 2.30. The molecule has 1 aliphatic rings. The Labute approximate surface area is 207 Å². The maximum Gasteiger partial charge on any atom is 0.471 e. The summed E-state index contributed by atoms with van der Waals surface area (Å²) >= 11 is 0. The fourth-order valence-electron chi connectivity index (χ4n) is 4.91. The summed E-state index contributed by atoms with van der Waals surface area (Å²) in [5.74, 6) is -0.102. The highest BCUT2D eigenvalue weighted by molar-refractivity contribution is 5.86. The molecule has 1 aromatic carbocycles. The van der Waals surface area contributed by atoms with Crippen molar-refractivity contribution in [3.63, 3.8) is 0 Å². The molecule has 0 aliphatic carbocycles. The zero-order valence-corrected chi connectivity index (χ0v) is 20.6. The average molecular weight is 499 g/mol. The Hall–Kier alpha value is -3.40. The molecule has 0 saturated carbocycles. The molecule has 0 unspecified atom stereocenters. The number of nitrogens with zero attached hydrogens (tertiary/aromatic N) is 5. The largest absolute Gasteiger partial charge is 0.471 e. The van der Waals surface area contributed by atoms with Gasteiger partial charge >= 0.3 is 12.1 Å². The van der Waals surface area contributed by atoms with Gasteiger partial charge in [-0.3, -0.25) is 0 Å². The first kappa shape index (κ1) is 24.3. The monoisotopic (exact) mass is 498 g/mol. The molecule has 7 nitrogen and oxygen atoms in total. The quantitative estimate of drug-likeness (QED) is 0.391. The van der Waals surface area contributed by atoms with Gasteiger partial charge < -0.3 is 19.3 Å². The standard InChI is InChI=1S/C26H29F3N6O/c1-16-4-6-22-20(12-16)21(17(2)34(22)3)15-30-13-18-8-10-35(11-9-18)23-7-5-19(14-31-23)24-32-25(36-33-24)26(27,28)29/h4-7,12,14,18,30H,8-11,13,15H2,1-3H3. The molecule has 4 heterocycles. The lowest BCUT2D eigenvalue weighted by molar-refractivity contribution is -0.159. The number of aromatic nitrogens is 4. The van der Waals surface area contributed by atoms with Crippen molar-refractivity contribution in [3.8, 4) is 11.4 Å². The number of hydrogen-bond donors (Lipinski definition) is 1. The molecular weight excluding hydrogens is 469 g/mol. The SMILES string of the molecule is Cc1ccc2c(c1)c(CNCC1CCN(c3ccc(-c4noc(C(F)(F)F)n4)cn3)CC1)c(C)n2C. The molecule has 4 aromatic rings. The number of nitrogens with one attached hydrogen (secondary N) is 1. The fourth-order valence-corrected chi connectivity index (χ4v) is 4.91. The van der Waals surface area contributed by atoms with Crippen molar-refractivity contribution < 1.29 is 17.7 Å². The Balaban J connectivity index is 1.14. The predicted octanol–water partition coefficient (Wildman–Crippen LogP) is 5.27. The summed E-state index contributed by atoms with van der Waals surface area (Å²) in [6.45, 7) is 7.88. The zero-order valence-electron chi connectivity index (χ0n) is 20.6. The van der Waals surface area contributed by atoms with Crippen LogP contribution >= 0.6 is 0 Å². The molecule has 1 saturated heterocycles. The number of anilines is 1. The smallest absolute Gasteiger partial charge is 0.357 e. The summed E-state index contributed by atoms with van der Waals surface area (Å²) in [7, 11) is 2.12. The van der Waals surface area contributed by atoms with Gasteiger partial charge in [0.25, 0.3) is 0 Å². The van der Waals surface area contributed by atoms with Gasteiger partial charge in [-0.25, -0.2) is 4.98 Å². The van der Waals surface area contributed by atoms with Crippen molar-refractivity contribution >= 4 is 16.7 Å². The maximum atomic E-state index is 12.7. The molecule has 5 rings (SSSR count). The molecule has 0 amide bonds. The van der Waals surface area contributed by atoms with Crippen LogP contribution in [-0.2, 0) is 19.8 Å². The van der Waals surface area contributed by atoms with Crippen molar-refractivity contribution in [1.82, 2.24) is 25.0 Å². The molecule has 190 valence electrons. The molecule has 0 radical (unpaired) electrons. The van der Waals surface area contributed by atoms with E-state index in [9.17, 15) is 13.2 Å². The number of alkyl halides is 3. The lowest BCUT2D eigenvalue weighted by atomic mass is 9.96. The van der Waals surface area contributed by atoms with Gasteiger partial charge in [0.2, 0.25) is 5.82 Å². The molecule has 10 heteroatoms. The Morgan fingerprint density at radius 3 is 2.56 bits per heavy atom. The second-order valence-electron chi connectivity index (χ2n) is 9.53. The van der Waals surface area contributed by atoms with Crippen LogP contribution in [-0.4, -0.2) is 39.3 Å². The van der Waals surface area contributed by atoms with Gasteiger partial charge in [-0.05, 0) is 69.0 Å². The number of hydrogen-bond acceptors (Lipinski definition) is 6. The Morgan fingerprint density at radius 1 is 1.11 bits per heavy atom. The molecule has 3 aromatic heterocycles. The molecule has 0 atom stereocenters. The zero-order chi connectivity index (χ0) is 25.4. The number of rotatable bonds is 6. The molecule has 36 heavy (non-hydrogen) atoms. The van der Waals surface area contributed by atoms with Crippen LogP contribution in [0.3, 0.4) is 0 Å². The van der Waals surface area contributed by atoms with Crippen LogP contribution in [0.1, 0.15) is 35.6 Å². The van der Waals surface area contributed by atoms with E-state index < -0.39 is 12.1 Å². The molecule has 0 spiro atoms. The number of aryl methyl sites for hydroxylation is 2. The molecule has 1 aliphatic heterocycles. The Bertz CT molecular complexity index is 1350. The minimum absolute atomic E-state index is 0.122. The van der Waals surface area contributed by atoms with E-state index in [1.807, 2.05) is 0 Å². The summed E-state index contributed by atoms with van der Waals surface area (Å²) in [5, 5.41) is 8.42. The van der Waals surface area contributed by atoms with E-state index >= 15 is 0 Å².